The van der Waals surface area contributed by atoms with Crippen molar-refractivity contribution in [1.82, 2.24) is 4.57 Å². The standard InChI is InChI=1S/C22H28FNO2/c1-3-26-16(2)9-6-4-5-7-14-24-19-13-12-17(23)15-18(19)22-20(24)10-8-11-21(22)25/h12-13,15H,2-11,14H2,1H3. The van der Waals surface area contributed by atoms with Crippen molar-refractivity contribution in [2.45, 2.75) is 64.8 Å². The molecule has 0 spiro atoms. The zero-order valence-electron chi connectivity index (χ0n) is 15.7. The van der Waals surface area contributed by atoms with Gasteiger partial charge in [-0.15, -0.1) is 0 Å². The van der Waals surface area contributed by atoms with E-state index in [2.05, 4.69) is 11.1 Å². The van der Waals surface area contributed by atoms with E-state index in [4.69, 9.17) is 4.74 Å². The van der Waals surface area contributed by atoms with Crippen molar-refractivity contribution in [2.24, 2.45) is 0 Å². The summed E-state index contributed by atoms with van der Waals surface area (Å²) in [4.78, 5) is 12.4. The summed E-state index contributed by atoms with van der Waals surface area (Å²) >= 11 is 0. The molecule has 0 amide bonds. The molecule has 3 nitrogen and oxygen atoms in total. The van der Waals surface area contributed by atoms with Crippen molar-refractivity contribution in [3.8, 4) is 0 Å². The first kappa shape index (κ1) is 18.7. The third-order valence-electron chi connectivity index (χ3n) is 5.17. The van der Waals surface area contributed by atoms with Crippen LogP contribution in [-0.4, -0.2) is 17.0 Å². The highest BCUT2D eigenvalue weighted by atomic mass is 19.1. The highest BCUT2D eigenvalue weighted by molar-refractivity contribution is 6.10. The number of ether oxygens (including phenoxy) is 1. The molecule has 0 atom stereocenters. The highest BCUT2D eigenvalue weighted by Gasteiger charge is 2.25. The second-order valence-corrected chi connectivity index (χ2v) is 7.05. The van der Waals surface area contributed by atoms with E-state index >= 15 is 0 Å². The molecule has 1 heterocycles. The van der Waals surface area contributed by atoms with Crippen LogP contribution in [0.1, 0.15) is 67.9 Å². The number of benzene rings is 1. The number of allylic oxidation sites excluding steroid dienone is 1. The summed E-state index contributed by atoms with van der Waals surface area (Å²) in [5.74, 6) is 0.763. The molecular weight excluding hydrogens is 329 g/mol. The summed E-state index contributed by atoms with van der Waals surface area (Å²) in [6, 6.07) is 4.84. The Hall–Kier alpha value is -2.10. The van der Waals surface area contributed by atoms with Crippen molar-refractivity contribution in [3.63, 3.8) is 0 Å². The lowest BCUT2D eigenvalue weighted by Gasteiger charge is -2.15. The number of carbonyl (C=O) groups excluding carboxylic acids is 1. The molecular formula is C22H28FNO2. The molecule has 0 saturated carbocycles. The second-order valence-electron chi connectivity index (χ2n) is 7.05. The van der Waals surface area contributed by atoms with Crippen LogP contribution in [0.15, 0.2) is 30.5 Å². The predicted molar refractivity (Wildman–Crippen MR) is 103 cm³/mol. The first-order chi connectivity index (χ1) is 12.6. The average Bonchev–Trinajstić information content (AvgIpc) is 2.92. The summed E-state index contributed by atoms with van der Waals surface area (Å²) in [5.41, 5.74) is 2.86. The summed E-state index contributed by atoms with van der Waals surface area (Å²) in [5, 5.41) is 0.790. The quantitative estimate of drug-likeness (QED) is 0.419. The number of hydrogen-bond donors (Lipinski definition) is 0. The van der Waals surface area contributed by atoms with Crippen LogP contribution in [0, 0.1) is 5.82 Å². The van der Waals surface area contributed by atoms with Crippen LogP contribution in [0.4, 0.5) is 4.39 Å². The number of Topliss-reactive ketones (excluding diaryl/α,β-unsaturated/α-hetero) is 1. The number of halogens is 1. The van der Waals surface area contributed by atoms with Gasteiger partial charge in [0, 0.05) is 41.5 Å². The van der Waals surface area contributed by atoms with E-state index in [1.807, 2.05) is 13.0 Å². The Kier molecular flexibility index (Phi) is 6.12. The lowest BCUT2D eigenvalue weighted by molar-refractivity contribution is 0.0973. The van der Waals surface area contributed by atoms with E-state index in [9.17, 15) is 9.18 Å². The molecule has 0 fully saturated rings. The molecule has 1 aliphatic rings. The number of aryl methyl sites for hydroxylation is 1. The molecule has 1 aromatic carbocycles. The molecule has 0 N–H and O–H groups in total. The fourth-order valence-electron chi connectivity index (χ4n) is 3.97. The fraction of sp³-hybridized carbons (Fsp3) is 0.500. The molecule has 0 unspecified atom stereocenters. The predicted octanol–water partition coefficient (Wildman–Crippen LogP) is 5.80. The van der Waals surface area contributed by atoms with Crippen LogP contribution in [-0.2, 0) is 17.7 Å². The van der Waals surface area contributed by atoms with Crippen molar-refractivity contribution >= 4 is 16.7 Å². The van der Waals surface area contributed by atoms with E-state index in [1.165, 1.54) is 12.1 Å². The molecule has 4 heteroatoms. The van der Waals surface area contributed by atoms with Crippen LogP contribution in [0.5, 0.6) is 0 Å². The zero-order valence-corrected chi connectivity index (χ0v) is 15.7. The Morgan fingerprint density at radius 2 is 2.04 bits per heavy atom. The Morgan fingerprint density at radius 1 is 1.23 bits per heavy atom. The summed E-state index contributed by atoms with van der Waals surface area (Å²) in [7, 11) is 0. The van der Waals surface area contributed by atoms with Gasteiger partial charge in [-0.3, -0.25) is 4.79 Å². The Labute approximate surface area is 154 Å². The normalized spacial score (nSPS) is 13.8. The molecule has 140 valence electrons. The zero-order chi connectivity index (χ0) is 18.5. The highest BCUT2D eigenvalue weighted by Crippen LogP contribution is 2.33. The minimum Gasteiger partial charge on any atom is -0.499 e. The third kappa shape index (κ3) is 4.00. The van der Waals surface area contributed by atoms with Gasteiger partial charge < -0.3 is 9.30 Å². The maximum atomic E-state index is 13.7. The van der Waals surface area contributed by atoms with Gasteiger partial charge in [0.15, 0.2) is 5.78 Å². The lowest BCUT2D eigenvalue weighted by Crippen LogP contribution is -2.13. The smallest absolute Gasteiger partial charge is 0.165 e. The van der Waals surface area contributed by atoms with Crippen molar-refractivity contribution in [1.29, 1.82) is 0 Å². The van der Waals surface area contributed by atoms with Crippen molar-refractivity contribution in [3.05, 3.63) is 47.6 Å². The summed E-state index contributed by atoms with van der Waals surface area (Å²) in [6.07, 6.45) is 7.71. The Bertz CT molecular complexity index is 806. The largest absolute Gasteiger partial charge is 0.499 e. The number of fused-ring (bicyclic) bond motifs is 3. The monoisotopic (exact) mass is 357 g/mol. The van der Waals surface area contributed by atoms with Gasteiger partial charge in [-0.05, 0) is 50.8 Å². The van der Waals surface area contributed by atoms with Gasteiger partial charge in [0.25, 0.3) is 0 Å². The lowest BCUT2D eigenvalue weighted by atomic mass is 9.94. The van der Waals surface area contributed by atoms with E-state index in [0.29, 0.717) is 13.0 Å². The number of nitrogens with zero attached hydrogens (tertiary/aromatic N) is 1. The maximum Gasteiger partial charge on any atom is 0.165 e. The van der Waals surface area contributed by atoms with Gasteiger partial charge in [-0.2, -0.15) is 0 Å². The number of unbranched alkanes of at least 4 members (excludes halogenated alkanes) is 3. The average molecular weight is 357 g/mol. The SMILES string of the molecule is C=C(CCCCCCn1c2c(c3cc(F)ccc31)C(=O)CCC2)OCC. The van der Waals surface area contributed by atoms with Crippen molar-refractivity contribution in [2.75, 3.05) is 6.61 Å². The Balaban J connectivity index is 1.65. The number of ketones is 1. The van der Waals surface area contributed by atoms with Crippen LogP contribution in [0.3, 0.4) is 0 Å². The first-order valence-electron chi connectivity index (χ1n) is 9.76. The first-order valence-corrected chi connectivity index (χ1v) is 9.76. The van der Waals surface area contributed by atoms with Gasteiger partial charge >= 0.3 is 0 Å². The minimum absolute atomic E-state index is 0.162. The molecule has 0 aliphatic heterocycles. The summed E-state index contributed by atoms with van der Waals surface area (Å²) in [6.45, 7) is 7.46. The summed E-state index contributed by atoms with van der Waals surface area (Å²) < 4.78 is 21.3. The van der Waals surface area contributed by atoms with Crippen LogP contribution < -0.4 is 0 Å². The number of rotatable bonds is 9. The van der Waals surface area contributed by atoms with E-state index < -0.39 is 0 Å². The minimum atomic E-state index is -0.273. The second kappa shape index (κ2) is 8.52. The van der Waals surface area contributed by atoms with Crippen molar-refractivity contribution < 1.29 is 13.9 Å². The topological polar surface area (TPSA) is 31.2 Å². The molecule has 26 heavy (non-hydrogen) atoms. The number of aromatic nitrogens is 1. The molecule has 1 aromatic heterocycles. The molecule has 0 radical (unpaired) electrons. The van der Waals surface area contributed by atoms with Crippen LogP contribution in [0.25, 0.3) is 10.9 Å². The number of carbonyl (C=O) groups is 1. The van der Waals surface area contributed by atoms with Gasteiger partial charge in [0.05, 0.1) is 12.4 Å². The van der Waals surface area contributed by atoms with Gasteiger partial charge in [0.1, 0.15) is 5.82 Å². The van der Waals surface area contributed by atoms with E-state index in [-0.39, 0.29) is 11.6 Å². The molecule has 1 aliphatic carbocycles. The van der Waals surface area contributed by atoms with Crippen LogP contribution in [0.2, 0.25) is 0 Å². The van der Waals surface area contributed by atoms with Gasteiger partial charge in [-0.1, -0.05) is 19.4 Å². The fourth-order valence-corrected chi connectivity index (χ4v) is 3.97. The molecule has 0 saturated heterocycles. The molecule has 3 rings (SSSR count). The number of hydrogen-bond acceptors (Lipinski definition) is 2. The third-order valence-corrected chi connectivity index (χ3v) is 5.17. The van der Waals surface area contributed by atoms with Gasteiger partial charge in [0.2, 0.25) is 0 Å². The van der Waals surface area contributed by atoms with Crippen LogP contribution >= 0.6 is 0 Å². The van der Waals surface area contributed by atoms with E-state index in [1.54, 1.807) is 0 Å². The molecule has 0 bridgehead atoms. The Morgan fingerprint density at radius 3 is 2.85 bits per heavy atom. The maximum absolute atomic E-state index is 13.7. The van der Waals surface area contributed by atoms with Gasteiger partial charge in [-0.25, -0.2) is 4.39 Å². The van der Waals surface area contributed by atoms with E-state index in [0.717, 1.165) is 79.4 Å². The molecule has 2 aromatic rings.